The third-order valence-corrected chi connectivity index (χ3v) is 8.30. The second-order valence-electron chi connectivity index (χ2n) is 7.67. The van der Waals surface area contributed by atoms with Gasteiger partial charge in [-0.25, -0.2) is 0 Å². The van der Waals surface area contributed by atoms with Crippen LogP contribution in [0.1, 0.15) is 0 Å². The van der Waals surface area contributed by atoms with Crippen LogP contribution < -0.4 is 0 Å². The van der Waals surface area contributed by atoms with Crippen molar-refractivity contribution in [3.63, 3.8) is 0 Å². The molecule has 92 valence electrons. The molecule has 0 spiro atoms. The van der Waals surface area contributed by atoms with Crippen LogP contribution in [0.25, 0.3) is 0 Å². The topological polar surface area (TPSA) is 9.23 Å². The maximum Gasteiger partial charge on any atom is 0.185 e. The molecule has 0 bridgehead atoms. The first-order chi connectivity index (χ1) is 6.41. The molecule has 0 amide bonds. The van der Waals surface area contributed by atoms with Crippen molar-refractivity contribution in [1.82, 2.24) is 0 Å². The summed E-state index contributed by atoms with van der Waals surface area (Å²) in [7, 11) is -3.25. The Hall–Kier alpha value is 0.611. The summed E-state index contributed by atoms with van der Waals surface area (Å²) in [6.45, 7) is 19.3. The molecule has 0 aliphatic carbocycles. The predicted molar refractivity (Wildman–Crippen MR) is 79.7 cm³/mol. The highest BCUT2D eigenvalue weighted by atomic mass is 28.4. The monoisotopic (exact) mass is 262 g/mol. The highest BCUT2D eigenvalue weighted by Gasteiger charge is 2.28. The van der Waals surface area contributed by atoms with Crippen LogP contribution in [0.3, 0.4) is 0 Å². The second-order valence-corrected chi connectivity index (χ2v) is 23.0. The fourth-order valence-electron chi connectivity index (χ4n) is 1.16. The smallest absolute Gasteiger partial charge is 0.185 e. The van der Waals surface area contributed by atoms with Gasteiger partial charge in [0.25, 0.3) is 0 Å². The van der Waals surface area contributed by atoms with Gasteiger partial charge in [0.1, 0.15) is 0 Å². The van der Waals surface area contributed by atoms with Crippen molar-refractivity contribution in [1.29, 1.82) is 0 Å². The molecule has 0 N–H and O–H groups in total. The number of hydrogen-bond donors (Lipinski definition) is 0. The maximum absolute atomic E-state index is 6.21. The van der Waals surface area contributed by atoms with Crippen LogP contribution >= 0.6 is 0 Å². The van der Waals surface area contributed by atoms with Gasteiger partial charge in [-0.15, -0.1) is 0 Å². The average molecular weight is 263 g/mol. The van der Waals surface area contributed by atoms with Crippen molar-refractivity contribution >= 4 is 24.5 Å². The van der Waals surface area contributed by atoms with Gasteiger partial charge in [-0.05, 0) is 19.1 Å². The molecular formula is C11H30OSi3. The lowest BCUT2D eigenvalue weighted by atomic mass is 10.9. The van der Waals surface area contributed by atoms with Crippen molar-refractivity contribution in [2.45, 2.75) is 64.5 Å². The molecule has 0 radical (unpaired) electrons. The molecule has 0 aromatic rings. The van der Waals surface area contributed by atoms with E-state index in [0.717, 1.165) is 6.23 Å². The normalized spacial score (nSPS) is 14.4. The van der Waals surface area contributed by atoms with Gasteiger partial charge >= 0.3 is 0 Å². The molecule has 0 saturated carbocycles. The summed E-state index contributed by atoms with van der Waals surface area (Å²) in [6, 6.07) is 2.78. The highest BCUT2D eigenvalue weighted by molar-refractivity contribution is 6.80. The van der Waals surface area contributed by atoms with E-state index in [1.54, 1.807) is 0 Å². The summed E-state index contributed by atoms with van der Waals surface area (Å²) in [5.74, 6) is 0. The Balaban J connectivity index is 3.98. The molecule has 0 unspecified atom stereocenters. The highest BCUT2D eigenvalue weighted by Crippen LogP contribution is 2.21. The first-order valence-electron chi connectivity index (χ1n) is 6.05. The summed E-state index contributed by atoms with van der Waals surface area (Å²) >= 11 is 0. The summed E-state index contributed by atoms with van der Waals surface area (Å²) in [4.78, 5) is 0. The van der Waals surface area contributed by atoms with Crippen molar-refractivity contribution in [3.8, 4) is 0 Å². The van der Waals surface area contributed by atoms with E-state index >= 15 is 0 Å². The third kappa shape index (κ3) is 10.9. The Morgan fingerprint density at radius 2 is 1.13 bits per heavy atom. The SMILES string of the molecule is C[Si](C)(C)CC[Si](C)(C)OC[Si](C)(C)C. The lowest BCUT2D eigenvalue weighted by molar-refractivity contribution is 0.368. The van der Waals surface area contributed by atoms with Gasteiger partial charge in [-0.3, -0.25) is 0 Å². The zero-order valence-electron chi connectivity index (χ0n) is 12.0. The van der Waals surface area contributed by atoms with E-state index in [2.05, 4.69) is 52.4 Å². The van der Waals surface area contributed by atoms with Crippen LogP contribution in [0.15, 0.2) is 0 Å². The summed E-state index contributed by atoms with van der Waals surface area (Å²) in [5.41, 5.74) is 0. The molecule has 15 heavy (non-hydrogen) atoms. The summed E-state index contributed by atoms with van der Waals surface area (Å²) in [6.07, 6.45) is 1.05. The number of rotatable bonds is 6. The van der Waals surface area contributed by atoms with Crippen LogP contribution in [0.2, 0.25) is 64.5 Å². The Morgan fingerprint density at radius 1 is 0.667 bits per heavy atom. The zero-order chi connectivity index (χ0) is 12.3. The van der Waals surface area contributed by atoms with Gasteiger partial charge in [0.15, 0.2) is 8.32 Å². The summed E-state index contributed by atoms with van der Waals surface area (Å²) < 4.78 is 6.21. The fraction of sp³-hybridized carbons (Fsp3) is 1.00. The molecule has 0 aromatic carbocycles. The van der Waals surface area contributed by atoms with Crippen LogP contribution in [0.5, 0.6) is 0 Å². The molecule has 0 aliphatic rings. The van der Waals surface area contributed by atoms with E-state index in [-0.39, 0.29) is 0 Å². The maximum atomic E-state index is 6.21. The Morgan fingerprint density at radius 3 is 1.47 bits per heavy atom. The van der Waals surface area contributed by atoms with Crippen LogP contribution in [-0.2, 0) is 4.43 Å². The molecule has 0 fully saturated rings. The standard InChI is InChI=1S/C11H30OSi3/c1-13(2,3)9-10-15(7,8)12-11-14(4,5)6/h9-11H2,1-8H3. The Labute approximate surface area is 99.8 Å². The lowest BCUT2D eigenvalue weighted by Crippen LogP contribution is -2.40. The molecule has 4 heteroatoms. The van der Waals surface area contributed by atoms with Gasteiger partial charge in [-0.2, -0.15) is 0 Å². The first-order valence-corrected chi connectivity index (χ1v) is 16.6. The molecule has 0 aliphatic heterocycles. The minimum absolute atomic E-state index is 0.876. The minimum atomic E-state index is -1.35. The van der Waals surface area contributed by atoms with E-state index in [1.165, 1.54) is 12.1 Å². The third-order valence-electron chi connectivity index (χ3n) is 2.37. The quantitative estimate of drug-likeness (QED) is 0.644. The average Bonchev–Trinajstić information content (AvgIpc) is 1.96. The van der Waals surface area contributed by atoms with E-state index in [4.69, 9.17) is 4.43 Å². The van der Waals surface area contributed by atoms with Gasteiger partial charge in [-0.1, -0.05) is 45.3 Å². The molecule has 0 aromatic heterocycles. The Bertz CT molecular complexity index is 169. The van der Waals surface area contributed by atoms with Crippen molar-refractivity contribution < 1.29 is 4.43 Å². The van der Waals surface area contributed by atoms with Crippen molar-refractivity contribution in [2.24, 2.45) is 0 Å². The lowest BCUT2D eigenvalue weighted by Gasteiger charge is -2.29. The molecule has 0 rings (SSSR count). The van der Waals surface area contributed by atoms with E-state index < -0.39 is 24.5 Å². The van der Waals surface area contributed by atoms with Gasteiger partial charge in [0.05, 0.1) is 8.07 Å². The predicted octanol–water partition coefficient (Wildman–Crippen LogP) is 4.42. The summed E-state index contributed by atoms with van der Waals surface area (Å²) in [5, 5.41) is 0. The second kappa shape index (κ2) is 5.29. The molecule has 0 atom stereocenters. The van der Waals surface area contributed by atoms with Crippen molar-refractivity contribution in [2.75, 3.05) is 6.23 Å². The van der Waals surface area contributed by atoms with Gasteiger partial charge < -0.3 is 4.43 Å². The Kier molecular flexibility index (Phi) is 5.51. The first kappa shape index (κ1) is 15.6. The van der Waals surface area contributed by atoms with E-state index in [1.807, 2.05) is 0 Å². The fourth-order valence-corrected chi connectivity index (χ4v) is 10.0. The number of hydrogen-bond acceptors (Lipinski definition) is 1. The molecule has 1 nitrogen and oxygen atoms in total. The van der Waals surface area contributed by atoms with E-state index in [0.29, 0.717) is 0 Å². The largest absolute Gasteiger partial charge is 0.421 e. The zero-order valence-corrected chi connectivity index (χ0v) is 15.0. The van der Waals surface area contributed by atoms with Gasteiger partial charge in [0, 0.05) is 14.3 Å². The molecule has 0 heterocycles. The van der Waals surface area contributed by atoms with Crippen LogP contribution in [0.4, 0.5) is 0 Å². The van der Waals surface area contributed by atoms with E-state index in [9.17, 15) is 0 Å². The molecular weight excluding hydrogens is 232 g/mol. The van der Waals surface area contributed by atoms with Crippen LogP contribution in [0, 0.1) is 0 Å². The van der Waals surface area contributed by atoms with Gasteiger partial charge in [0.2, 0.25) is 0 Å². The minimum Gasteiger partial charge on any atom is -0.421 e. The van der Waals surface area contributed by atoms with Crippen LogP contribution in [-0.4, -0.2) is 30.7 Å². The van der Waals surface area contributed by atoms with Crippen molar-refractivity contribution in [3.05, 3.63) is 0 Å². The molecule has 0 saturated heterocycles.